The van der Waals surface area contributed by atoms with Gasteiger partial charge in [0.05, 0.1) is 6.61 Å². The number of anilines is 1. The number of carboxylic acids is 1. The monoisotopic (exact) mass is 380 g/mol. The smallest absolute Gasteiger partial charge is 0.344 e. The lowest BCUT2D eigenvalue weighted by molar-refractivity contribution is -0.144. The van der Waals surface area contributed by atoms with Gasteiger partial charge in [-0.1, -0.05) is 12.1 Å². The Balaban J connectivity index is 2.06. The Morgan fingerprint density at radius 3 is 2.29 bits per heavy atom. The number of benzene rings is 2. The van der Waals surface area contributed by atoms with Crippen molar-refractivity contribution in [3.8, 4) is 17.6 Å². The summed E-state index contributed by atoms with van der Waals surface area (Å²) in [5, 5.41) is 20.8. The quantitative estimate of drug-likeness (QED) is 0.536. The number of amides is 1. The van der Waals surface area contributed by atoms with Crippen LogP contribution >= 0.6 is 0 Å². The third-order valence-electron chi connectivity index (χ3n) is 3.64. The maximum atomic E-state index is 12.3. The molecular formula is C21H20N2O5. The van der Waals surface area contributed by atoms with Gasteiger partial charge in [-0.05, 0) is 61.9 Å². The first kappa shape index (κ1) is 20.5. The number of hydrogen-bond donors (Lipinski definition) is 2. The van der Waals surface area contributed by atoms with Gasteiger partial charge >= 0.3 is 5.97 Å². The molecule has 7 heteroatoms. The number of ether oxygens (including phenoxy) is 2. The summed E-state index contributed by atoms with van der Waals surface area (Å²) < 4.78 is 10.6. The summed E-state index contributed by atoms with van der Waals surface area (Å²) >= 11 is 0. The normalized spacial score (nSPS) is 11.8. The Morgan fingerprint density at radius 2 is 1.75 bits per heavy atom. The lowest BCUT2D eigenvalue weighted by atomic mass is 10.1. The van der Waals surface area contributed by atoms with Crippen LogP contribution in [-0.4, -0.2) is 29.7 Å². The van der Waals surface area contributed by atoms with E-state index in [1.165, 1.54) is 13.0 Å². The van der Waals surface area contributed by atoms with Crippen LogP contribution in [0.5, 0.6) is 11.5 Å². The lowest BCUT2D eigenvalue weighted by Gasteiger charge is -2.10. The molecule has 0 aliphatic carbocycles. The molecule has 0 aliphatic heterocycles. The molecule has 28 heavy (non-hydrogen) atoms. The minimum absolute atomic E-state index is 0.0681. The molecule has 0 radical (unpaired) electrons. The van der Waals surface area contributed by atoms with Gasteiger partial charge in [0.2, 0.25) is 0 Å². The van der Waals surface area contributed by atoms with E-state index in [0.717, 1.165) is 0 Å². The van der Waals surface area contributed by atoms with Crippen molar-refractivity contribution in [3.05, 3.63) is 59.7 Å². The number of rotatable bonds is 8. The second-order valence-electron chi connectivity index (χ2n) is 5.75. The van der Waals surface area contributed by atoms with Gasteiger partial charge in [0.15, 0.2) is 6.10 Å². The maximum absolute atomic E-state index is 12.3. The van der Waals surface area contributed by atoms with E-state index in [0.29, 0.717) is 29.4 Å². The topological polar surface area (TPSA) is 109 Å². The number of nitriles is 1. The molecule has 0 fully saturated rings. The van der Waals surface area contributed by atoms with Gasteiger partial charge in [0.25, 0.3) is 5.91 Å². The Bertz CT molecular complexity index is 896. The van der Waals surface area contributed by atoms with E-state index in [-0.39, 0.29) is 5.57 Å². The van der Waals surface area contributed by atoms with Gasteiger partial charge in [0, 0.05) is 5.69 Å². The zero-order valence-electron chi connectivity index (χ0n) is 15.5. The molecule has 0 spiro atoms. The van der Waals surface area contributed by atoms with E-state index in [2.05, 4.69) is 5.32 Å². The zero-order chi connectivity index (χ0) is 20.5. The Labute approximate surface area is 162 Å². The number of carboxylic acid groups (broad SMARTS) is 1. The van der Waals surface area contributed by atoms with Crippen LogP contribution in [0, 0.1) is 11.3 Å². The summed E-state index contributed by atoms with van der Waals surface area (Å²) in [5.41, 5.74) is 1.08. The van der Waals surface area contributed by atoms with Crippen LogP contribution in [0.15, 0.2) is 54.1 Å². The number of nitrogens with one attached hydrogen (secondary N) is 1. The molecule has 2 aromatic carbocycles. The van der Waals surface area contributed by atoms with Crippen LogP contribution < -0.4 is 14.8 Å². The van der Waals surface area contributed by atoms with E-state index >= 15 is 0 Å². The molecule has 0 aromatic heterocycles. The SMILES string of the molecule is CCOc1ccc(NC(=O)/C(C#N)=C\c2ccc(O[C@H](C)C(=O)O)cc2)cc1. The molecule has 0 heterocycles. The van der Waals surface area contributed by atoms with Gasteiger partial charge in [0.1, 0.15) is 23.1 Å². The van der Waals surface area contributed by atoms with Crippen molar-refractivity contribution in [1.82, 2.24) is 0 Å². The van der Waals surface area contributed by atoms with Crippen molar-refractivity contribution in [2.75, 3.05) is 11.9 Å². The third-order valence-corrected chi connectivity index (χ3v) is 3.64. The van der Waals surface area contributed by atoms with E-state index in [4.69, 9.17) is 14.6 Å². The van der Waals surface area contributed by atoms with Crippen LogP contribution in [0.4, 0.5) is 5.69 Å². The molecule has 0 aliphatic rings. The van der Waals surface area contributed by atoms with Crippen LogP contribution in [0.3, 0.4) is 0 Å². The van der Waals surface area contributed by atoms with Crippen molar-refractivity contribution in [3.63, 3.8) is 0 Å². The fourth-order valence-corrected chi connectivity index (χ4v) is 2.21. The first-order chi connectivity index (χ1) is 13.4. The molecule has 1 atom stereocenters. The highest BCUT2D eigenvalue weighted by atomic mass is 16.5. The predicted molar refractivity (Wildman–Crippen MR) is 104 cm³/mol. The number of nitrogens with zero attached hydrogens (tertiary/aromatic N) is 1. The molecule has 2 rings (SSSR count). The van der Waals surface area contributed by atoms with E-state index in [1.54, 1.807) is 48.5 Å². The second-order valence-corrected chi connectivity index (χ2v) is 5.75. The maximum Gasteiger partial charge on any atom is 0.344 e. The second kappa shape index (κ2) is 9.78. The number of aliphatic carboxylic acids is 1. The standard InChI is InChI=1S/C21H20N2O5/c1-3-27-18-10-6-17(7-11-18)23-20(24)16(13-22)12-15-4-8-19(9-5-15)28-14(2)21(25)26/h4-12,14H,3H2,1-2H3,(H,23,24)(H,25,26)/b16-12-/t14-/m1/s1. The van der Waals surface area contributed by atoms with Gasteiger partial charge in [-0.25, -0.2) is 4.79 Å². The first-order valence-corrected chi connectivity index (χ1v) is 8.58. The molecule has 2 aromatic rings. The fourth-order valence-electron chi connectivity index (χ4n) is 2.21. The molecule has 1 amide bonds. The largest absolute Gasteiger partial charge is 0.494 e. The van der Waals surface area contributed by atoms with Crippen molar-refractivity contribution in [2.45, 2.75) is 20.0 Å². The molecule has 144 valence electrons. The van der Waals surface area contributed by atoms with E-state index in [1.807, 2.05) is 13.0 Å². The van der Waals surface area contributed by atoms with Crippen LogP contribution in [0.1, 0.15) is 19.4 Å². The zero-order valence-corrected chi connectivity index (χ0v) is 15.5. The highest BCUT2D eigenvalue weighted by Gasteiger charge is 2.13. The Morgan fingerprint density at radius 1 is 1.14 bits per heavy atom. The van der Waals surface area contributed by atoms with Gasteiger partial charge in [-0.15, -0.1) is 0 Å². The van der Waals surface area contributed by atoms with Gasteiger partial charge in [-0.2, -0.15) is 5.26 Å². The average molecular weight is 380 g/mol. The summed E-state index contributed by atoms with van der Waals surface area (Å²) in [4.78, 5) is 23.1. The molecule has 0 saturated heterocycles. The van der Waals surface area contributed by atoms with Crippen molar-refractivity contribution >= 4 is 23.6 Å². The number of carbonyl (C=O) groups excluding carboxylic acids is 1. The van der Waals surface area contributed by atoms with Crippen molar-refractivity contribution < 1.29 is 24.2 Å². The minimum atomic E-state index is -1.07. The van der Waals surface area contributed by atoms with Gasteiger partial charge in [-0.3, -0.25) is 4.79 Å². The number of hydrogen-bond acceptors (Lipinski definition) is 5. The minimum Gasteiger partial charge on any atom is -0.494 e. The molecular weight excluding hydrogens is 360 g/mol. The summed E-state index contributed by atoms with van der Waals surface area (Å²) in [6.45, 7) is 3.85. The fraction of sp³-hybridized carbons (Fsp3) is 0.190. The predicted octanol–water partition coefficient (Wildman–Crippen LogP) is 3.48. The van der Waals surface area contributed by atoms with Crippen LogP contribution in [0.2, 0.25) is 0 Å². The molecule has 7 nitrogen and oxygen atoms in total. The summed E-state index contributed by atoms with van der Waals surface area (Å²) in [7, 11) is 0. The Hall–Kier alpha value is -3.79. The van der Waals surface area contributed by atoms with Crippen LogP contribution in [0.25, 0.3) is 6.08 Å². The summed E-state index contributed by atoms with van der Waals surface area (Å²) in [6.07, 6.45) is 0.463. The first-order valence-electron chi connectivity index (χ1n) is 8.58. The molecule has 0 saturated carbocycles. The molecule has 2 N–H and O–H groups in total. The molecule has 0 unspecified atom stereocenters. The van der Waals surface area contributed by atoms with Crippen molar-refractivity contribution in [1.29, 1.82) is 5.26 Å². The Kier molecular flexibility index (Phi) is 7.17. The molecule has 0 bridgehead atoms. The highest BCUT2D eigenvalue weighted by Crippen LogP contribution is 2.18. The highest BCUT2D eigenvalue weighted by molar-refractivity contribution is 6.09. The summed E-state index contributed by atoms with van der Waals surface area (Å²) in [5.74, 6) is -0.534. The van der Waals surface area contributed by atoms with Crippen LogP contribution in [-0.2, 0) is 9.59 Å². The average Bonchev–Trinajstić information content (AvgIpc) is 2.68. The van der Waals surface area contributed by atoms with E-state index < -0.39 is 18.0 Å². The summed E-state index contributed by atoms with van der Waals surface area (Å²) in [6, 6.07) is 15.1. The lowest BCUT2D eigenvalue weighted by Crippen LogP contribution is -2.22. The van der Waals surface area contributed by atoms with Gasteiger partial charge < -0.3 is 19.9 Å². The third kappa shape index (κ3) is 5.88. The van der Waals surface area contributed by atoms with Crippen molar-refractivity contribution in [2.24, 2.45) is 0 Å². The van der Waals surface area contributed by atoms with E-state index in [9.17, 15) is 14.9 Å². The number of carbonyl (C=O) groups is 2.